The molecule has 1 heterocycles. The highest BCUT2D eigenvalue weighted by Crippen LogP contribution is 2.28. The van der Waals surface area contributed by atoms with Crippen molar-refractivity contribution >= 4 is 39.2 Å². The van der Waals surface area contributed by atoms with Crippen molar-refractivity contribution in [2.24, 2.45) is 0 Å². The quantitative estimate of drug-likeness (QED) is 0.231. The Morgan fingerprint density at radius 3 is 2.47 bits per heavy atom. The third kappa shape index (κ3) is 8.89. The summed E-state index contributed by atoms with van der Waals surface area (Å²) >= 11 is 0. The number of sulfonamides is 1. The van der Waals surface area contributed by atoms with Gasteiger partial charge in [0.1, 0.15) is 5.60 Å². The number of rotatable bonds is 11. The van der Waals surface area contributed by atoms with E-state index in [0.29, 0.717) is 23.9 Å². The number of hydroxylamine groups is 1. The fourth-order valence-electron chi connectivity index (χ4n) is 4.72. The first kappa shape index (κ1) is 32.2. The minimum absolute atomic E-state index is 0.0860. The molecular formula is C29H39N5O8S. The molecule has 0 saturated heterocycles. The lowest BCUT2D eigenvalue weighted by atomic mass is 10.0. The number of hydrogen-bond donors (Lipinski definition) is 4. The predicted molar refractivity (Wildman–Crippen MR) is 159 cm³/mol. The fourth-order valence-corrected chi connectivity index (χ4v) is 6.05. The fraction of sp³-hybridized carbons (Fsp3) is 0.483. The summed E-state index contributed by atoms with van der Waals surface area (Å²) in [5, 5.41) is 16.6. The summed E-state index contributed by atoms with van der Waals surface area (Å²) in [6.45, 7) is 4.72. The maximum atomic E-state index is 14.0. The number of aromatic amines is 1. The maximum Gasteiger partial charge on any atom is 0.413 e. The van der Waals surface area contributed by atoms with E-state index in [1.807, 2.05) is 30.3 Å². The van der Waals surface area contributed by atoms with Crippen molar-refractivity contribution in [2.45, 2.75) is 81.6 Å². The number of benzene rings is 2. The number of alkyl carbamates (subject to hydrolysis) is 1. The SMILES string of the molecule is COC(=O)Nc1nc2ccc(S(=O)(=O)N(C[C@@H](O)[C@H](Cc3ccccc3)NC(=O)OC(C)(C)C)OC3CCCC3)cc2[nH]1. The Bertz CT molecular complexity index is 1500. The first-order valence-electron chi connectivity index (χ1n) is 14.1. The van der Waals surface area contributed by atoms with Crippen LogP contribution >= 0.6 is 0 Å². The van der Waals surface area contributed by atoms with Gasteiger partial charge in [-0.1, -0.05) is 47.6 Å². The molecular weight excluding hydrogens is 578 g/mol. The van der Waals surface area contributed by atoms with E-state index >= 15 is 0 Å². The molecule has 2 amide bonds. The molecule has 1 fully saturated rings. The predicted octanol–water partition coefficient (Wildman–Crippen LogP) is 4.10. The summed E-state index contributed by atoms with van der Waals surface area (Å²) in [4.78, 5) is 37.3. The number of amides is 2. The van der Waals surface area contributed by atoms with Crippen LogP contribution in [0.1, 0.15) is 52.0 Å². The standard InChI is InChI=1S/C29H39N5O8S/c1-29(2,3)41-28(37)32-24(16-19-10-6-5-7-11-19)25(35)18-34(42-20-12-8-9-13-20)43(38,39)21-14-15-22-23(17-21)31-26(30-22)33-27(36)40-4/h5-7,10-11,14-15,17,20,24-25,35H,8-9,12-13,16,18H2,1-4H3,(H,32,37)(H2,30,31,33,36)/t24-,25+/m0/s1. The first-order valence-corrected chi connectivity index (χ1v) is 15.5. The van der Waals surface area contributed by atoms with E-state index in [1.54, 1.807) is 20.8 Å². The number of aliphatic hydroxyl groups excluding tert-OH is 1. The van der Waals surface area contributed by atoms with Crippen LogP contribution in [-0.4, -0.2) is 77.7 Å². The summed E-state index contributed by atoms with van der Waals surface area (Å²) in [5.41, 5.74) is 0.820. The van der Waals surface area contributed by atoms with Crippen LogP contribution in [0, 0.1) is 0 Å². The molecule has 2 atom stereocenters. The van der Waals surface area contributed by atoms with Crippen molar-refractivity contribution in [3.05, 3.63) is 54.1 Å². The number of nitrogens with one attached hydrogen (secondary N) is 3. The van der Waals surface area contributed by atoms with Crippen LogP contribution in [0.4, 0.5) is 15.5 Å². The number of imidazole rings is 1. The van der Waals surface area contributed by atoms with Crippen LogP contribution in [0.15, 0.2) is 53.4 Å². The van der Waals surface area contributed by atoms with E-state index in [4.69, 9.17) is 9.57 Å². The highest BCUT2D eigenvalue weighted by molar-refractivity contribution is 7.89. The van der Waals surface area contributed by atoms with Crippen molar-refractivity contribution in [1.82, 2.24) is 19.8 Å². The topological polar surface area (TPSA) is 172 Å². The molecule has 0 aliphatic heterocycles. The van der Waals surface area contributed by atoms with Crippen LogP contribution in [0.3, 0.4) is 0 Å². The van der Waals surface area contributed by atoms with Gasteiger partial charge in [-0.05, 0) is 63.8 Å². The molecule has 234 valence electrons. The average Bonchev–Trinajstić information content (AvgIpc) is 3.60. The molecule has 1 aliphatic rings. The van der Waals surface area contributed by atoms with Crippen LogP contribution in [0.2, 0.25) is 0 Å². The second-order valence-electron chi connectivity index (χ2n) is 11.4. The lowest BCUT2D eigenvalue weighted by Crippen LogP contribution is -2.51. The summed E-state index contributed by atoms with van der Waals surface area (Å²) in [6.07, 6.45) is 0.177. The largest absolute Gasteiger partial charge is 0.453 e. The number of anilines is 1. The lowest BCUT2D eigenvalue weighted by molar-refractivity contribution is -0.145. The third-order valence-electron chi connectivity index (χ3n) is 6.80. The van der Waals surface area contributed by atoms with Gasteiger partial charge in [-0.3, -0.25) is 10.2 Å². The third-order valence-corrected chi connectivity index (χ3v) is 8.42. The van der Waals surface area contributed by atoms with Crippen LogP contribution in [-0.2, 0) is 30.8 Å². The summed E-state index contributed by atoms with van der Waals surface area (Å²) in [7, 11) is -3.10. The Balaban J connectivity index is 1.61. The number of fused-ring (bicyclic) bond motifs is 1. The van der Waals surface area contributed by atoms with Gasteiger partial charge in [0.2, 0.25) is 5.95 Å². The Hall–Kier alpha value is -3.72. The van der Waals surface area contributed by atoms with Crippen molar-refractivity contribution < 1.29 is 37.4 Å². The molecule has 0 spiro atoms. The van der Waals surface area contributed by atoms with Gasteiger partial charge in [-0.15, -0.1) is 0 Å². The number of carbonyl (C=O) groups excluding carboxylic acids is 2. The van der Waals surface area contributed by atoms with Crippen LogP contribution < -0.4 is 10.6 Å². The van der Waals surface area contributed by atoms with E-state index in [1.165, 1.54) is 25.3 Å². The van der Waals surface area contributed by atoms with Gasteiger partial charge in [-0.25, -0.2) is 23.0 Å². The van der Waals surface area contributed by atoms with Gasteiger partial charge >= 0.3 is 12.2 Å². The monoisotopic (exact) mass is 617 g/mol. The molecule has 4 N–H and O–H groups in total. The number of nitrogens with zero attached hydrogens (tertiary/aromatic N) is 2. The molecule has 3 aromatic rings. The van der Waals surface area contributed by atoms with Crippen molar-refractivity contribution in [1.29, 1.82) is 0 Å². The van der Waals surface area contributed by atoms with Crippen molar-refractivity contribution in [3.8, 4) is 0 Å². The number of carbonyl (C=O) groups is 2. The first-order chi connectivity index (χ1) is 20.3. The molecule has 1 aliphatic carbocycles. The molecule has 2 aromatic carbocycles. The Kier molecular flexibility index (Phi) is 10.3. The van der Waals surface area contributed by atoms with Gasteiger partial charge in [0.25, 0.3) is 10.0 Å². The highest BCUT2D eigenvalue weighted by atomic mass is 32.2. The lowest BCUT2D eigenvalue weighted by Gasteiger charge is -2.31. The van der Waals surface area contributed by atoms with Gasteiger partial charge in [0.05, 0.1) is 47.8 Å². The molecule has 43 heavy (non-hydrogen) atoms. The summed E-state index contributed by atoms with van der Waals surface area (Å²) in [6, 6.07) is 12.6. The molecule has 0 bridgehead atoms. The summed E-state index contributed by atoms with van der Waals surface area (Å²) in [5.74, 6) is 0.0860. The highest BCUT2D eigenvalue weighted by Gasteiger charge is 2.35. The summed E-state index contributed by atoms with van der Waals surface area (Å²) < 4.78 is 38.8. The molecule has 1 aromatic heterocycles. The molecule has 13 nitrogen and oxygen atoms in total. The zero-order valence-corrected chi connectivity index (χ0v) is 25.5. The maximum absolute atomic E-state index is 14.0. The Morgan fingerprint density at radius 1 is 1.12 bits per heavy atom. The molecule has 0 radical (unpaired) electrons. The number of methoxy groups -OCH3 is 1. The minimum Gasteiger partial charge on any atom is -0.453 e. The van der Waals surface area contributed by atoms with E-state index in [-0.39, 0.29) is 23.4 Å². The molecule has 14 heteroatoms. The Labute approximate surface area is 250 Å². The van der Waals surface area contributed by atoms with Crippen LogP contribution in [0.5, 0.6) is 0 Å². The van der Waals surface area contributed by atoms with Crippen LogP contribution in [0.25, 0.3) is 11.0 Å². The van der Waals surface area contributed by atoms with Crippen molar-refractivity contribution in [3.63, 3.8) is 0 Å². The number of aromatic nitrogens is 2. The zero-order chi connectivity index (χ0) is 31.2. The second-order valence-corrected chi connectivity index (χ2v) is 13.2. The number of aliphatic hydroxyl groups is 1. The average molecular weight is 618 g/mol. The smallest absolute Gasteiger partial charge is 0.413 e. The van der Waals surface area contributed by atoms with E-state index in [0.717, 1.165) is 22.9 Å². The second kappa shape index (κ2) is 13.7. The van der Waals surface area contributed by atoms with Gasteiger partial charge < -0.3 is 24.9 Å². The van der Waals surface area contributed by atoms with E-state index in [2.05, 4.69) is 25.3 Å². The zero-order valence-electron chi connectivity index (χ0n) is 24.7. The molecule has 0 unspecified atom stereocenters. The van der Waals surface area contributed by atoms with Gasteiger partial charge in [0.15, 0.2) is 0 Å². The number of ether oxygens (including phenoxy) is 2. The van der Waals surface area contributed by atoms with E-state index < -0.39 is 46.5 Å². The normalized spacial score (nSPS) is 15.8. The molecule has 4 rings (SSSR count). The minimum atomic E-state index is -4.31. The number of H-pyrrole nitrogens is 1. The molecule has 1 saturated carbocycles. The Morgan fingerprint density at radius 2 is 1.81 bits per heavy atom. The number of hydrogen-bond acceptors (Lipinski definition) is 9. The van der Waals surface area contributed by atoms with Gasteiger partial charge in [0, 0.05) is 0 Å². The van der Waals surface area contributed by atoms with Crippen molar-refractivity contribution in [2.75, 3.05) is 19.0 Å². The van der Waals surface area contributed by atoms with Gasteiger partial charge in [-0.2, -0.15) is 0 Å². The van der Waals surface area contributed by atoms with E-state index in [9.17, 15) is 23.1 Å².